The minimum atomic E-state index is -4.09. The van der Waals surface area contributed by atoms with Crippen molar-refractivity contribution in [3.05, 3.63) is 88.4 Å². The van der Waals surface area contributed by atoms with Crippen LogP contribution in [0.1, 0.15) is 46.0 Å². The van der Waals surface area contributed by atoms with Crippen LogP contribution in [0, 0.1) is 0 Å². The smallest absolute Gasteiger partial charge is 0.345 e. The largest absolute Gasteiger partial charge is 0.507 e. The van der Waals surface area contributed by atoms with E-state index in [1.54, 1.807) is 24.3 Å². The number of ether oxygens (including phenoxy) is 2. The van der Waals surface area contributed by atoms with Crippen LogP contribution in [-0.2, 0) is 30.8 Å². The molecule has 3 aromatic rings. The predicted octanol–water partition coefficient (Wildman–Crippen LogP) is 3.92. The zero-order valence-electron chi connectivity index (χ0n) is 24.6. The highest BCUT2D eigenvalue weighted by atomic mass is 35.5. The Morgan fingerprint density at radius 1 is 1.09 bits per heavy atom. The van der Waals surface area contributed by atoms with Gasteiger partial charge in [-0.1, -0.05) is 48.0 Å². The monoisotopic (exact) mass is 695 g/mol. The van der Waals surface area contributed by atoms with Crippen LogP contribution in [0.4, 0.5) is 0 Å². The molecule has 0 radical (unpaired) electrons. The first kappa shape index (κ1) is 35.0. The molecule has 2 unspecified atom stereocenters. The molecule has 0 aromatic heterocycles. The number of benzene rings is 3. The van der Waals surface area contributed by atoms with Gasteiger partial charge in [-0.05, 0) is 60.7 Å². The highest BCUT2D eigenvalue weighted by Gasteiger charge is 2.39. The summed E-state index contributed by atoms with van der Waals surface area (Å²) < 4.78 is 61.7. The number of aromatic hydroxyl groups is 1. The van der Waals surface area contributed by atoms with E-state index < -0.39 is 49.9 Å². The third-order valence-electron chi connectivity index (χ3n) is 7.07. The topological polar surface area (TPSA) is 201 Å². The van der Waals surface area contributed by atoms with E-state index in [2.05, 4.69) is 19.5 Å². The van der Waals surface area contributed by atoms with Gasteiger partial charge in [0.15, 0.2) is 0 Å². The van der Waals surface area contributed by atoms with Crippen LogP contribution in [0.5, 0.6) is 11.5 Å². The number of rotatable bonds is 14. The number of esters is 1. The van der Waals surface area contributed by atoms with Crippen molar-refractivity contribution in [2.45, 2.75) is 41.9 Å². The summed E-state index contributed by atoms with van der Waals surface area (Å²) >= 11 is 6.46. The molecule has 6 N–H and O–H groups in total. The number of unbranched alkanes of at least 4 members (excludes halogenated alkanes) is 1. The van der Waals surface area contributed by atoms with Crippen LogP contribution in [0.15, 0.2) is 71.6 Å². The Hall–Kier alpha value is -3.86. The Kier molecular flexibility index (Phi) is 11.5. The fourth-order valence-electron chi connectivity index (χ4n) is 4.78. The summed E-state index contributed by atoms with van der Waals surface area (Å²) in [6, 6.07) is 15.3. The molecular weight excluding hydrogens is 662 g/mol. The number of phenols is 1. The Morgan fingerprint density at radius 3 is 2.48 bits per heavy atom. The van der Waals surface area contributed by atoms with Crippen LogP contribution in [0.25, 0.3) is 0 Å². The number of methoxy groups -OCH3 is 1. The number of carbonyl (C=O) groups is 3. The first-order valence-electron chi connectivity index (χ1n) is 14.1. The first-order chi connectivity index (χ1) is 21.8. The third kappa shape index (κ3) is 8.69. The molecule has 0 aliphatic carbocycles. The lowest BCUT2D eigenvalue weighted by Crippen LogP contribution is -2.48. The maximum atomic E-state index is 13.3. The van der Waals surface area contributed by atoms with E-state index in [0.717, 1.165) is 0 Å². The van der Waals surface area contributed by atoms with Gasteiger partial charge in [-0.3, -0.25) is 23.4 Å². The maximum Gasteiger partial charge on any atom is 0.345 e. The van der Waals surface area contributed by atoms with Gasteiger partial charge in [-0.25, -0.2) is 13.2 Å². The molecule has 2 atom stereocenters. The van der Waals surface area contributed by atoms with Crippen LogP contribution in [-0.4, -0.2) is 66.7 Å². The predicted molar refractivity (Wildman–Crippen MR) is 171 cm³/mol. The van der Waals surface area contributed by atoms with Gasteiger partial charge in [0, 0.05) is 11.6 Å². The van der Waals surface area contributed by atoms with Gasteiger partial charge in [0.1, 0.15) is 28.4 Å². The van der Waals surface area contributed by atoms with Crippen molar-refractivity contribution in [1.29, 1.82) is 0 Å². The van der Waals surface area contributed by atoms with Crippen molar-refractivity contribution < 1.29 is 46.5 Å². The van der Waals surface area contributed by atoms with Gasteiger partial charge in [0.2, 0.25) is 21.8 Å². The third-order valence-corrected chi connectivity index (χ3v) is 10.6. The number of amides is 2. The average Bonchev–Trinajstić information content (AvgIpc) is 3.29. The van der Waals surface area contributed by atoms with Crippen molar-refractivity contribution in [2.24, 2.45) is 0 Å². The zero-order chi connectivity index (χ0) is 33.5. The number of hydrogen-bond donors (Lipinski definition) is 6. The zero-order valence-corrected chi connectivity index (χ0v) is 27.0. The molecule has 0 spiro atoms. The Morgan fingerprint density at radius 2 is 1.83 bits per heavy atom. The van der Waals surface area contributed by atoms with E-state index in [4.69, 9.17) is 16.3 Å². The fraction of sp³-hybridized carbons (Fsp3) is 0.300. The van der Waals surface area contributed by atoms with E-state index in [0.29, 0.717) is 24.0 Å². The number of phenolic OH excluding ortho intramolecular Hbond substituents is 1. The number of hydrogen-bond acceptors (Lipinski definition) is 10. The van der Waals surface area contributed by atoms with E-state index >= 15 is 0 Å². The average molecular weight is 696 g/mol. The molecule has 1 aliphatic rings. The quantitative estimate of drug-likeness (QED) is 0.106. The normalized spacial score (nSPS) is 17.0. The number of halogens is 1. The summed E-state index contributed by atoms with van der Waals surface area (Å²) in [5.41, 5.74) is 0.724. The molecule has 0 saturated carbocycles. The number of nitrogens with one attached hydrogen (secondary N) is 3. The summed E-state index contributed by atoms with van der Waals surface area (Å²) in [6.07, 6.45) is 0.643. The molecule has 16 heteroatoms. The lowest BCUT2D eigenvalue weighted by Gasteiger charge is -2.33. The van der Waals surface area contributed by atoms with Crippen LogP contribution in [0.2, 0.25) is 5.02 Å². The van der Waals surface area contributed by atoms with Crippen LogP contribution < -0.4 is 19.5 Å². The molecule has 248 valence electrons. The van der Waals surface area contributed by atoms with E-state index in [1.165, 1.54) is 49.6 Å². The first-order valence-corrected chi connectivity index (χ1v) is 17.5. The van der Waals surface area contributed by atoms with Gasteiger partial charge < -0.3 is 19.9 Å². The second kappa shape index (κ2) is 15.2. The van der Waals surface area contributed by atoms with Gasteiger partial charge in [0.05, 0.1) is 25.0 Å². The molecule has 13 nitrogen and oxygen atoms in total. The summed E-state index contributed by atoms with van der Waals surface area (Å²) in [4.78, 5) is 37.0. The summed E-state index contributed by atoms with van der Waals surface area (Å²) in [5.74, 6) is -1.99. The molecule has 3 aromatic carbocycles. The Labute approximate surface area is 272 Å². The molecule has 1 saturated heterocycles. The fourth-order valence-corrected chi connectivity index (χ4v) is 7.90. The van der Waals surface area contributed by atoms with Gasteiger partial charge in [-0.15, -0.1) is 10.8 Å². The molecule has 46 heavy (non-hydrogen) atoms. The van der Waals surface area contributed by atoms with Crippen molar-refractivity contribution in [3.8, 4) is 11.5 Å². The lowest BCUT2D eigenvalue weighted by molar-refractivity contribution is -0.122. The van der Waals surface area contributed by atoms with E-state index in [-0.39, 0.29) is 53.0 Å². The summed E-state index contributed by atoms with van der Waals surface area (Å²) in [5, 5.41) is 11.9. The van der Waals surface area contributed by atoms with Gasteiger partial charge >= 0.3 is 5.97 Å². The molecule has 1 fully saturated rings. The van der Waals surface area contributed by atoms with Gasteiger partial charge in [0.25, 0.3) is 0 Å². The highest BCUT2D eigenvalue weighted by molar-refractivity contribution is 8.23. The molecule has 0 bridgehead atoms. The van der Waals surface area contributed by atoms with Crippen molar-refractivity contribution in [2.75, 3.05) is 20.3 Å². The van der Waals surface area contributed by atoms with Crippen LogP contribution >= 0.6 is 22.4 Å². The molecule has 2 amide bonds. The van der Waals surface area contributed by atoms with Crippen LogP contribution in [0.3, 0.4) is 0 Å². The lowest BCUT2D eigenvalue weighted by atomic mass is 10.0. The van der Waals surface area contributed by atoms with Gasteiger partial charge in [-0.2, -0.15) is 4.72 Å². The Bertz CT molecular complexity index is 1690. The maximum absolute atomic E-state index is 13.3. The molecule has 4 rings (SSSR count). The van der Waals surface area contributed by atoms with E-state index in [1.807, 2.05) is 0 Å². The Balaban J connectivity index is 1.41. The SMILES string of the molecule is COC(=O)c1c(O)cccc1OCCCCNC(=O)C(Cc1ccc(C2CC(=O)NS2(O)O)c(Cl)c1)NS(=O)(=O)c1ccccc1. The van der Waals surface area contributed by atoms with E-state index in [9.17, 15) is 37.0 Å². The minimum Gasteiger partial charge on any atom is -0.507 e. The standard InChI is InChI=1S/C30H34ClN3O10S2/c1-43-30(38)28-24(35)10-7-11-25(28)44-15-6-5-14-32-29(37)23(33-45(39,40)20-8-3-2-4-9-20)17-19-12-13-21(22(31)16-19)26-18-27(36)34-46(26,41)42/h2-4,7-13,16,23,26,33,35,41-42H,5-6,14-15,17-18H2,1H3,(H,32,37)(H,34,36). The number of carbonyl (C=O) groups excluding carboxylic acids is 3. The van der Waals surface area contributed by atoms with Crippen molar-refractivity contribution in [1.82, 2.24) is 14.8 Å². The van der Waals surface area contributed by atoms with Crippen molar-refractivity contribution in [3.63, 3.8) is 0 Å². The summed E-state index contributed by atoms with van der Waals surface area (Å²) in [7, 11) is -6.35. The molecular formula is C30H34ClN3O10S2. The second-order valence-electron chi connectivity index (χ2n) is 10.3. The van der Waals surface area contributed by atoms with Crippen molar-refractivity contribution >= 4 is 50.2 Å². The second-order valence-corrected chi connectivity index (χ2v) is 14.4. The minimum absolute atomic E-state index is 0.0276. The molecule has 1 heterocycles. The highest BCUT2D eigenvalue weighted by Crippen LogP contribution is 2.57. The molecule has 1 aliphatic heterocycles. The number of sulfonamides is 1. The summed E-state index contributed by atoms with van der Waals surface area (Å²) in [6.45, 7) is 0.334.